The van der Waals surface area contributed by atoms with Gasteiger partial charge in [0.2, 0.25) is 0 Å². The molecular formula is C23H22F4N2O2. The maximum atomic E-state index is 14.7. The van der Waals surface area contributed by atoms with Gasteiger partial charge in [0, 0.05) is 5.69 Å². The van der Waals surface area contributed by atoms with Crippen LogP contribution in [0.3, 0.4) is 0 Å². The van der Waals surface area contributed by atoms with Crippen LogP contribution in [-0.4, -0.2) is 21.2 Å². The van der Waals surface area contributed by atoms with Gasteiger partial charge in [-0.05, 0) is 61.7 Å². The van der Waals surface area contributed by atoms with Crippen LogP contribution < -0.4 is 4.74 Å². The molecular weight excluding hydrogens is 412 g/mol. The van der Waals surface area contributed by atoms with Gasteiger partial charge >= 0.3 is 6.36 Å². The summed E-state index contributed by atoms with van der Waals surface area (Å²) in [6, 6.07) is 13.9. The van der Waals surface area contributed by atoms with E-state index >= 15 is 0 Å². The van der Waals surface area contributed by atoms with Crippen molar-refractivity contribution in [2.75, 3.05) is 0 Å². The van der Waals surface area contributed by atoms with Crippen LogP contribution in [0, 0.1) is 6.92 Å². The molecule has 0 fully saturated rings. The Morgan fingerprint density at radius 1 is 1.10 bits per heavy atom. The maximum absolute atomic E-state index is 14.7. The lowest BCUT2D eigenvalue weighted by molar-refractivity contribution is -0.274. The second-order valence-corrected chi connectivity index (χ2v) is 7.70. The van der Waals surface area contributed by atoms with E-state index in [9.17, 15) is 22.7 Å². The lowest BCUT2D eigenvalue weighted by Gasteiger charge is -2.18. The summed E-state index contributed by atoms with van der Waals surface area (Å²) >= 11 is 0. The molecule has 3 aromatic rings. The molecule has 0 saturated heterocycles. The molecule has 0 saturated carbocycles. The first kappa shape index (κ1) is 22.6. The fraction of sp³-hybridized carbons (Fsp3) is 0.261. The fourth-order valence-electron chi connectivity index (χ4n) is 3.00. The second-order valence-electron chi connectivity index (χ2n) is 7.70. The van der Waals surface area contributed by atoms with Crippen molar-refractivity contribution in [1.82, 2.24) is 9.78 Å². The summed E-state index contributed by atoms with van der Waals surface area (Å²) in [5.74, 6) is -0.991. The van der Waals surface area contributed by atoms with Crippen molar-refractivity contribution in [3.63, 3.8) is 0 Å². The highest BCUT2D eigenvalue weighted by atomic mass is 19.4. The zero-order chi connectivity index (χ0) is 22.8. The molecule has 164 valence electrons. The predicted octanol–water partition coefficient (Wildman–Crippen LogP) is 5.83. The van der Waals surface area contributed by atoms with Crippen LogP contribution in [0.2, 0.25) is 0 Å². The van der Waals surface area contributed by atoms with Crippen LogP contribution >= 0.6 is 0 Å². The molecule has 0 amide bonds. The molecule has 1 aromatic heterocycles. The normalized spacial score (nSPS) is 12.8. The Morgan fingerprint density at radius 2 is 1.77 bits per heavy atom. The van der Waals surface area contributed by atoms with E-state index in [0.29, 0.717) is 12.1 Å². The van der Waals surface area contributed by atoms with Crippen LogP contribution in [0.5, 0.6) is 5.75 Å². The number of ether oxygens (including phenoxy) is 1. The Kier molecular flexibility index (Phi) is 6.22. The third kappa shape index (κ3) is 6.18. The smallest absolute Gasteiger partial charge is 0.406 e. The number of rotatable bonds is 6. The fourth-order valence-corrected chi connectivity index (χ4v) is 3.00. The van der Waals surface area contributed by atoms with Crippen LogP contribution in [0.15, 0.2) is 54.6 Å². The number of benzene rings is 2. The van der Waals surface area contributed by atoms with Crippen LogP contribution in [0.1, 0.15) is 41.9 Å². The molecule has 31 heavy (non-hydrogen) atoms. The average molecular weight is 434 g/mol. The van der Waals surface area contributed by atoms with Crippen molar-refractivity contribution in [1.29, 1.82) is 0 Å². The zero-order valence-electron chi connectivity index (χ0n) is 17.2. The zero-order valence-corrected chi connectivity index (χ0v) is 17.2. The highest BCUT2D eigenvalue weighted by Crippen LogP contribution is 2.25. The van der Waals surface area contributed by atoms with Gasteiger partial charge < -0.3 is 9.84 Å². The minimum absolute atomic E-state index is 0.117. The molecule has 1 N–H and O–H groups in total. The molecule has 4 nitrogen and oxygen atoms in total. The standard InChI is InChI=1S/C23H22F4N2O2/c1-15-11-21(20(24)13-16-7-9-19(10-8-16)31-23(25,26)27)28-29(15)14-17-5-4-6-18(12-17)22(2,3)30/h4-13,30H,14H2,1-3H3. The van der Waals surface area contributed by atoms with Crippen molar-refractivity contribution >= 4 is 11.9 Å². The van der Waals surface area contributed by atoms with Gasteiger partial charge in [-0.3, -0.25) is 4.68 Å². The van der Waals surface area contributed by atoms with Gasteiger partial charge in [-0.15, -0.1) is 13.2 Å². The number of aromatic nitrogens is 2. The quantitative estimate of drug-likeness (QED) is 0.497. The van der Waals surface area contributed by atoms with Gasteiger partial charge in [0.25, 0.3) is 0 Å². The molecule has 1 heterocycles. The van der Waals surface area contributed by atoms with E-state index in [1.165, 1.54) is 18.2 Å². The Bertz CT molecular complexity index is 1080. The van der Waals surface area contributed by atoms with Gasteiger partial charge in [0.05, 0.1) is 12.1 Å². The van der Waals surface area contributed by atoms with E-state index in [-0.39, 0.29) is 11.4 Å². The molecule has 0 aliphatic rings. The summed E-state index contributed by atoms with van der Waals surface area (Å²) < 4.78 is 56.8. The topological polar surface area (TPSA) is 47.3 Å². The van der Waals surface area contributed by atoms with Gasteiger partial charge in [-0.2, -0.15) is 5.10 Å². The summed E-state index contributed by atoms with van der Waals surface area (Å²) in [5, 5.41) is 14.5. The SMILES string of the molecule is Cc1cc(C(F)=Cc2ccc(OC(F)(F)F)cc2)nn1Cc1cccc(C(C)(C)O)c1. The number of aryl methyl sites for hydroxylation is 1. The Balaban J connectivity index is 1.77. The van der Waals surface area contributed by atoms with E-state index < -0.39 is 17.8 Å². The molecule has 0 radical (unpaired) electrons. The van der Waals surface area contributed by atoms with Crippen molar-refractivity contribution < 1.29 is 27.4 Å². The van der Waals surface area contributed by atoms with E-state index in [0.717, 1.165) is 29.0 Å². The molecule has 0 aliphatic heterocycles. The van der Waals surface area contributed by atoms with Gasteiger partial charge in [0.15, 0.2) is 5.83 Å². The van der Waals surface area contributed by atoms with Gasteiger partial charge in [0.1, 0.15) is 11.4 Å². The Hall–Kier alpha value is -3.13. The monoisotopic (exact) mass is 434 g/mol. The lowest BCUT2D eigenvalue weighted by Crippen LogP contribution is -2.16. The first-order valence-electron chi connectivity index (χ1n) is 9.50. The predicted molar refractivity (Wildman–Crippen MR) is 110 cm³/mol. The molecule has 0 spiro atoms. The highest BCUT2D eigenvalue weighted by molar-refractivity contribution is 5.75. The molecule has 3 rings (SSSR count). The first-order valence-corrected chi connectivity index (χ1v) is 9.50. The number of alkyl halides is 3. The van der Waals surface area contributed by atoms with Crippen molar-refractivity contribution in [3.8, 4) is 5.75 Å². The Morgan fingerprint density at radius 3 is 2.39 bits per heavy atom. The van der Waals surface area contributed by atoms with Crippen molar-refractivity contribution in [3.05, 3.63) is 82.7 Å². The summed E-state index contributed by atoms with van der Waals surface area (Å²) in [4.78, 5) is 0. The minimum Gasteiger partial charge on any atom is -0.406 e. The number of aliphatic hydroxyl groups is 1. The largest absolute Gasteiger partial charge is 0.573 e. The third-order valence-corrected chi connectivity index (χ3v) is 4.60. The lowest BCUT2D eigenvalue weighted by atomic mass is 9.96. The van der Waals surface area contributed by atoms with E-state index in [2.05, 4.69) is 9.84 Å². The number of hydrogen-bond acceptors (Lipinski definition) is 3. The van der Waals surface area contributed by atoms with Gasteiger partial charge in [-0.1, -0.05) is 36.4 Å². The molecule has 0 unspecified atom stereocenters. The summed E-state index contributed by atoms with van der Waals surface area (Å²) in [7, 11) is 0. The minimum atomic E-state index is -4.78. The van der Waals surface area contributed by atoms with E-state index in [1.54, 1.807) is 31.5 Å². The average Bonchev–Trinajstić information content (AvgIpc) is 3.02. The number of nitrogens with zero attached hydrogens (tertiary/aromatic N) is 2. The molecule has 0 aliphatic carbocycles. The maximum Gasteiger partial charge on any atom is 0.573 e. The van der Waals surface area contributed by atoms with E-state index in [1.807, 2.05) is 24.3 Å². The first-order chi connectivity index (χ1) is 14.4. The van der Waals surface area contributed by atoms with Crippen LogP contribution in [0.25, 0.3) is 11.9 Å². The molecule has 8 heteroatoms. The van der Waals surface area contributed by atoms with Crippen molar-refractivity contribution in [2.45, 2.75) is 39.3 Å². The van der Waals surface area contributed by atoms with Crippen LogP contribution in [0.4, 0.5) is 17.6 Å². The number of halogens is 4. The summed E-state index contributed by atoms with van der Waals surface area (Å²) in [6.07, 6.45) is -3.59. The van der Waals surface area contributed by atoms with Gasteiger partial charge in [-0.25, -0.2) is 4.39 Å². The molecule has 2 aromatic carbocycles. The summed E-state index contributed by atoms with van der Waals surface area (Å²) in [5.41, 5.74) is 1.92. The summed E-state index contributed by atoms with van der Waals surface area (Å²) in [6.45, 7) is 5.59. The van der Waals surface area contributed by atoms with Crippen molar-refractivity contribution in [2.24, 2.45) is 0 Å². The van der Waals surface area contributed by atoms with Crippen LogP contribution in [-0.2, 0) is 12.1 Å². The second kappa shape index (κ2) is 8.55. The Labute approximate surface area is 177 Å². The highest BCUT2D eigenvalue weighted by Gasteiger charge is 2.30. The number of hydrogen-bond donors (Lipinski definition) is 1. The molecule has 0 bridgehead atoms. The van der Waals surface area contributed by atoms with E-state index in [4.69, 9.17) is 0 Å². The molecule has 0 atom stereocenters. The third-order valence-electron chi connectivity index (χ3n) is 4.60.